The van der Waals surface area contributed by atoms with E-state index in [4.69, 9.17) is 9.47 Å². The van der Waals surface area contributed by atoms with E-state index in [0.29, 0.717) is 27.7 Å². The molecule has 210 valence electrons. The minimum absolute atomic E-state index is 0.0261. The van der Waals surface area contributed by atoms with Crippen molar-refractivity contribution in [3.8, 4) is 5.75 Å². The van der Waals surface area contributed by atoms with Crippen LogP contribution in [0.15, 0.2) is 17.0 Å². The van der Waals surface area contributed by atoms with E-state index in [9.17, 15) is 13.2 Å². The monoisotopic (exact) mass is 536 g/mol. The molecular formula is C29H48N2O5S. The number of sulfonamides is 1. The fourth-order valence-corrected chi connectivity index (χ4v) is 7.69. The number of benzene rings is 1. The molecule has 0 saturated heterocycles. The largest absolute Gasteiger partial charge is 0.497 e. The van der Waals surface area contributed by atoms with Crippen LogP contribution in [0.4, 0.5) is 0 Å². The van der Waals surface area contributed by atoms with Crippen molar-refractivity contribution in [3.63, 3.8) is 0 Å². The van der Waals surface area contributed by atoms with Gasteiger partial charge in [0.1, 0.15) is 12.4 Å². The van der Waals surface area contributed by atoms with Gasteiger partial charge in [-0.05, 0) is 67.7 Å². The average Bonchev–Trinajstić information content (AvgIpc) is 3.39. The molecule has 1 aromatic rings. The standard InChI is InChI=1S/C29H48N2O5S/c1-22-18-27(35-5)19-23(2)29(22)37(33,34)31(4)16-17-36-21-28(32)30(3)20-26-14-12-25(13-15-26)11-10-24-8-6-7-9-24/h18-19,24-26H,6-17,20-21H2,1-5H3. The fourth-order valence-electron chi connectivity index (χ4n) is 6.14. The number of ether oxygens (including phenoxy) is 2. The second kappa shape index (κ2) is 13.9. The first-order chi connectivity index (χ1) is 17.6. The van der Waals surface area contributed by atoms with Crippen molar-refractivity contribution in [2.24, 2.45) is 17.8 Å². The van der Waals surface area contributed by atoms with Gasteiger partial charge in [-0.3, -0.25) is 4.79 Å². The maximum Gasteiger partial charge on any atom is 0.248 e. The third-order valence-electron chi connectivity index (χ3n) is 8.50. The van der Waals surface area contributed by atoms with Gasteiger partial charge in [0.25, 0.3) is 0 Å². The molecule has 0 aromatic heterocycles. The third-order valence-corrected chi connectivity index (χ3v) is 10.7. The molecule has 2 saturated carbocycles. The van der Waals surface area contributed by atoms with Crippen LogP contribution < -0.4 is 4.74 Å². The number of likely N-dealkylation sites (N-methyl/N-ethyl adjacent to an activating group) is 2. The van der Waals surface area contributed by atoms with Crippen molar-refractivity contribution in [2.45, 2.75) is 83.0 Å². The molecule has 1 amide bonds. The highest BCUT2D eigenvalue weighted by Crippen LogP contribution is 2.36. The van der Waals surface area contributed by atoms with Gasteiger partial charge in [0.05, 0.1) is 18.6 Å². The first-order valence-corrected chi connectivity index (χ1v) is 15.5. The lowest BCUT2D eigenvalue weighted by Gasteiger charge is -2.31. The maximum atomic E-state index is 13.1. The SMILES string of the molecule is COc1cc(C)c(S(=O)(=O)N(C)CCOCC(=O)N(C)CC2CCC(CCC3CCCC3)CC2)c(C)c1. The molecule has 37 heavy (non-hydrogen) atoms. The van der Waals surface area contributed by atoms with Crippen LogP contribution in [-0.4, -0.2) is 71.0 Å². The van der Waals surface area contributed by atoms with Crippen molar-refractivity contribution >= 4 is 15.9 Å². The Morgan fingerprint density at radius 1 is 0.919 bits per heavy atom. The Balaban J connectivity index is 1.35. The fraction of sp³-hybridized carbons (Fsp3) is 0.759. The van der Waals surface area contributed by atoms with Crippen molar-refractivity contribution < 1.29 is 22.7 Å². The van der Waals surface area contributed by atoms with E-state index in [1.54, 1.807) is 45.0 Å². The number of amides is 1. The summed E-state index contributed by atoms with van der Waals surface area (Å²) in [5, 5.41) is 0. The minimum atomic E-state index is -3.67. The molecule has 0 radical (unpaired) electrons. The zero-order chi connectivity index (χ0) is 27.0. The predicted octanol–water partition coefficient (Wildman–Crippen LogP) is 5.18. The second-order valence-electron chi connectivity index (χ2n) is 11.4. The molecular weight excluding hydrogens is 488 g/mol. The topological polar surface area (TPSA) is 76.1 Å². The molecule has 0 heterocycles. The van der Waals surface area contributed by atoms with Crippen LogP contribution >= 0.6 is 0 Å². The molecule has 0 aliphatic heterocycles. The summed E-state index contributed by atoms with van der Waals surface area (Å²) >= 11 is 0. The zero-order valence-electron chi connectivity index (χ0n) is 23.6. The Kier molecular flexibility index (Phi) is 11.3. The number of hydrogen-bond donors (Lipinski definition) is 0. The first kappa shape index (κ1) is 29.9. The van der Waals surface area contributed by atoms with Gasteiger partial charge in [-0.25, -0.2) is 8.42 Å². The van der Waals surface area contributed by atoms with Crippen molar-refractivity contribution in [1.82, 2.24) is 9.21 Å². The number of carbonyl (C=O) groups excluding carboxylic acids is 1. The molecule has 2 aliphatic rings. The molecule has 0 atom stereocenters. The lowest BCUT2D eigenvalue weighted by molar-refractivity contribution is -0.135. The second-order valence-corrected chi connectivity index (χ2v) is 13.3. The lowest BCUT2D eigenvalue weighted by atomic mass is 9.78. The predicted molar refractivity (Wildman–Crippen MR) is 147 cm³/mol. The van der Waals surface area contributed by atoms with Crippen LogP contribution in [0, 0.1) is 31.6 Å². The Hall–Kier alpha value is -1.64. The summed E-state index contributed by atoms with van der Waals surface area (Å²) in [6.45, 7) is 4.63. The third kappa shape index (κ3) is 8.42. The Labute approximate surface area is 224 Å². The summed E-state index contributed by atoms with van der Waals surface area (Å²) in [4.78, 5) is 14.7. The summed E-state index contributed by atoms with van der Waals surface area (Å²) in [7, 11) is 1.28. The van der Waals surface area contributed by atoms with Gasteiger partial charge in [-0.1, -0.05) is 51.4 Å². The highest BCUT2D eigenvalue weighted by atomic mass is 32.2. The number of carbonyl (C=O) groups is 1. The van der Waals surface area contributed by atoms with Gasteiger partial charge in [-0.2, -0.15) is 4.31 Å². The van der Waals surface area contributed by atoms with Crippen LogP contribution in [0.2, 0.25) is 0 Å². The van der Waals surface area contributed by atoms with Crippen molar-refractivity contribution in [1.29, 1.82) is 0 Å². The molecule has 0 unspecified atom stereocenters. The summed E-state index contributed by atoms with van der Waals surface area (Å²) in [6.07, 6.45) is 13.6. The normalized spacial score (nSPS) is 20.9. The van der Waals surface area contributed by atoms with Crippen LogP contribution in [0.25, 0.3) is 0 Å². The smallest absolute Gasteiger partial charge is 0.248 e. The maximum absolute atomic E-state index is 13.1. The summed E-state index contributed by atoms with van der Waals surface area (Å²) in [5.74, 6) is 3.02. The van der Waals surface area contributed by atoms with Gasteiger partial charge in [0.2, 0.25) is 15.9 Å². The first-order valence-electron chi connectivity index (χ1n) is 14.0. The lowest BCUT2D eigenvalue weighted by Crippen LogP contribution is -2.36. The average molecular weight is 537 g/mol. The molecule has 0 spiro atoms. The van der Waals surface area contributed by atoms with E-state index in [1.807, 2.05) is 7.05 Å². The molecule has 0 bridgehead atoms. The van der Waals surface area contributed by atoms with Crippen molar-refractivity contribution in [2.75, 3.05) is 47.5 Å². The van der Waals surface area contributed by atoms with E-state index in [0.717, 1.165) is 18.4 Å². The van der Waals surface area contributed by atoms with E-state index < -0.39 is 10.0 Å². The van der Waals surface area contributed by atoms with E-state index in [1.165, 1.54) is 68.5 Å². The highest BCUT2D eigenvalue weighted by Gasteiger charge is 2.27. The number of aryl methyl sites for hydroxylation is 2. The van der Waals surface area contributed by atoms with E-state index in [2.05, 4.69) is 0 Å². The van der Waals surface area contributed by atoms with Gasteiger partial charge in [0.15, 0.2) is 0 Å². The Morgan fingerprint density at radius 2 is 1.46 bits per heavy atom. The Bertz CT molecular complexity index is 959. The highest BCUT2D eigenvalue weighted by molar-refractivity contribution is 7.89. The van der Waals surface area contributed by atoms with Crippen molar-refractivity contribution in [3.05, 3.63) is 23.3 Å². The van der Waals surface area contributed by atoms with Gasteiger partial charge in [0, 0.05) is 27.2 Å². The van der Waals surface area contributed by atoms with E-state index in [-0.39, 0.29) is 25.7 Å². The zero-order valence-corrected chi connectivity index (χ0v) is 24.4. The van der Waals surface area contributed by atoms with Crippen LogP contribution in [0.1, 0.15) is 75.3 Å². The molecule has 2 aliphatic carbocycles. The Morgan fingerprint density at radius 3 is 2.03 bits per heavy atom. The van der Waals surface area contributed by atoms with Gasteiger partial charge in [-0.15, -0.1) is 0 Å². The number of hydrogen-bond acceptors (Lipinski definition) is 5. The van der Waals surface area contributed by atoms with Gasteiger partial charge >= 0.3 is 0 Å². The number of nitrogens with zero attached hydrogens (tertiary/aromatic N) is 2. The summed E-state index contributed by atoms with van der Waals surface area (Å²) in [6, 6.07) is 3.45. The quantitative estimate of drug-likeness (QED) is 0.325. The van der Waals surface area contributed by atoms with E-state index >= 15 is 0 Å². The van der Waals surface area contributed by atoms with Crippen LogP contribution in [0.3, 0.4) is 0 Å². The molecule has 0 N–H and O–H groups in total. The van der Waals surface area contributed by atoms with Crippen LogP contribution in [0.5, 0.6) is 5.75 Å². The molecule has 3 rings (SSSR count). The summed E-state index contributed by atoms with van der Waals surface area (Å²) in [5.41, 5.74) is 1.29. The molecule has 8 heteroatoms. The van der Waals surface area contributed by atoms with Crippen LogP contribution in [-0.2, 0) is 19.6 Å². The number of rotatable bonds is 13. The summed E-state index contributed by atoms with van der Waals surface area (Å²) < 4.78 is 38.3. The number of methoxy groups -OCH3 is 1. The molecule has 2 fully saturated rings. The minimum Gasteiger partial charge on any atom is -0.497 e. The van der Waals surface area contributed by atoms with Gasteiger partial charge < -0.3 is 14.4 Å². The molecule has 7 nitrogen and oxygen atoms in total. The molecule has 1 aromatic carbocycles.